The van der Waals surface area contributed by atoms with Gasteiger partial charge in [0.25, 0.3) is 0 Å². The van der Waals surface area contributed by atoms with E-state index >= 15 is 0 Å². The average Bonchev–Trinajstić information content (AvgIpc) is 2.27. The Bertz CT molecular complexity index is 571. The molecule has 3 nitrogen and oxygen atoms in total. The highest BCUT2D eigenvalue weighted by Gasteiger charge is 2.03. The number of amides is 1. The van der Waals surface area contributed by atoms with Crippen LogP contribution in [0.4, 0.5) is 5.69 Å². The van der Waals surface area contributed by atoms with Crippen molar-refractivity contribution < 1.29 is 9.90 Å². The Hall–Kier alpha value is -2.29. The third kappa shape index (κ3) is 2.88. The van der Waals surface area contributed by atoms with E-state index in [1.807, 2.05) is 37.3 Å². The first-order valence-electron chi connectivity index (χ1n) is 5.73. The zero-order valence-electron chi connectivity index (χ0n) is 10.4. The van der Waals surface area contributed by atoms with Crippen LogP contribution in [0.5, 0.6) is 5.75 Å². The minimum atomic E-state index is -0.0979. The van der Waals surface area contributed by atoms with Gasteiger partial charge in [0.1, 0.15) is 5.75 Å². The summed E-state index contributed by atoms with van der Waals surface area (Å²) in [5, 5.41) is 12.3. The molecule has 2 N–H and O–H groups in total. The van der Waals surface area contributed by atoms with Crippen molar-refractivity contribution in [3.8, 4) is 16.9 Å². The zero-order chi connectivity index (χ0) is 13.1. The van der Waals surface area contributed by atoms with Crippen molar-refractivity contribution >= 4 is 11.6 Å². The lowest BCUT2D eigenvalue weighted by Gasteiger charge is -2.07. The van der Waals surface area contributed by atoms with Crippen LogP contribution in [0.25, 0.3) is 11.1 Å². The lowest BCUT2D eigenvalue weighted by atomic mass is 10.0. The van der Waals surface area contributed by atoms with Crippen LogP contribution in [-0.4, -0.2) is 11.0 Å². The Balaban J connectivity index is 2.41. The molecule has 3 heteroatoms. The summed E-state index contributed by atoms with van der Waals surface area (Å²) in [7, 11) is 0. The summed E-state index contributed by atoms with van der Waals surface area (Å²) in [6.45, 7) is 3.41. The number of aromatic hydroxyl groups is 1. The summed E-state index contributed by atoms with van der Waals surface area (Å²) in [6.07, 6.45) is 0. The SMILES string of the molecule is CC(=O)Nc1cccc(-c2cc(C)cc(O)c2)c1. The minimum absolute atomic E-state index is 0.0979. The van der Waals surface area contributed by atoms with Gasteiger partial charge in [-0.05, 0) is 47.9 Å². The van der Waals surface area contributed by atoms with Crippen LogP contribution >= 0.6 is 0 Å². The van der Waals surface area contributed by atoms with E-state index in [2.05, 4.69) is 5.32 Å². The highest BCUT2D eigenvalue weighted by molar-refractivity contribution is 5.89. The molecule has 0 saturated heterocycles. The van der Waals surface area contributed by atoms with Crippen molar-refractivity contribution in [1.29, 1.82) is 0 Å². The van der Waals surface area contributed by atoms with E-state index in [1.54, 1.807) is 12.1 Å². The first-order valence-corrected chi connectivity index (χ1v) is 5.73. The molecule has 18 heavy (non-hydrogen) atoms. The number of phenols is 1. The fourth-order valence-corrected chi connectivity index (χ4v) is 1.91. The summed E-state index contributed by atoms with van der Waals surface area (Å²) in [5.41, 5.74) is 3.64. The van der Waals surface area contributed by atoms with Crippen LogP contribution < -0.4 is 5.32 Å². The monoisotopic (exact) mass is 241 g/mol. The van der Waals surface area contributed by atoms with Gasteiger partial charge in [0.2, 0.25) is 5.91 Å². The van der Waals surface area contributed by atoms with E-state index in [1.165, 1.54) is 6.92 Å². The molecule has 0 saturated carbocycles. The Morgan fingerprint density at radius 2 is 1.89 bits per heavy atom. The molecule has 1 amide bonds. The number of carbonyl (C=O) groups excluding carboxylic acids is 1. The number of hydrogen-bond acceptors (Lipinski definition) is 2. The first kappa shape index (κ1) is 12.2. The molecule has 0 aliphatic carbocycles. The molecule has 2 rings (SSSR count). The van der Waals surface area contributed by atoms with E-state index in [9.17, 15) is 9.90 Å². The third-order valence-electron chi connectivity index (χ3n) is 2.58. The second kappa shape index (κ2) is 4.92. The van der Waals surface area contributed by atoms with Gasteiger partial charge < -0.3 is 10.4 Å². The van der Waals surface area contributed by atoms with Gasteiger partial charge in [-0.2, -0.15) is 0 Å². The van der Waals surface area contributed by atoms with Crippen molar-refractivity contribution in [2.24, 2.45) is 0 Å². The lowest BCUT2D eigenvalue weighted by Crippen LogP contribution is -2.05. The van der Waals surface area contributed by atoms with Crippen LogP contribution in [-0.2, 0) is 4.79 Å². The number of aryl methyl sites for hydroxylation is 1. The molecule has 0 heterocycles. The molecule has 0 atom stereocenters. The molecule has 0 unspecified atom stereocenters. The molecule has 0 radical (unpaired) electrons. The molecule has 0 spiro atoms. The van der Waals surface area contributed by atoms with Crippen LogP contribution in [0.15, 0.2) is 42.5 Å². The highest BCUT2D eigenvalue weighted by Crippen LogP contribution is 2.27. The topological polar surface area (TPSA) is 49.3 Å². The Labute approximate surface area is 106 Å². The maximum atomic E-state index is 11.0. The fourth-order valence-electron chi connectivity index (χ4n) is 1.91. The number of nitrogens with one attached hydrogen (secondary N) is 1. The number of hydrogen-bond donors (Lipinski definition) is 2. The minimum Gasteiger partial charge on any atom is -0.508 e. The van der Waals surface area contributed by atoms with Gasteiger partial charge in [0, 0.05) is 12.6 Å². The molecule has 0 aliphatic rings. The largest absolute Gasteiger partial charge is 0.508 e. The fraction of sp³-hybridized carbons (Fsp3) is 0.133. The molecular formula is C15H15NO2. The van der Waals surface area contributed by atoms with Crippen molar-refractivity contribution in [2.75, 3.05) is 5.32 Å². The van der Waals surface area contributed by atoms with Crippen LogP contribution in [0, 0.1) is 6.92 Å². The number of benzene rings is 2. The quantitative estimate of drug-likeness (QED) is 0.847. The van der Waals surface area contributed by atoms with Gasteiger partial charge in [-0.25, -0.2) is 0 Å². The van der Waals surface area contributed by atoms with Crippen LogP contribution in [0.1, 0.15) is 12.5 Å². The molecule has 0 fully saturated rings. The number of anilines is 1. The Morgan fingerprint density at radius 1 is 1.11 bits per heavy atom. The van der Waals surface area contributed by atoms with Crippen molar-refractivity contribution in [2.45, 2.75) is 13.8 Å². The van der Waals surface area contributed by atoms with Gasteiger partial charge >= 0.3 is 0 Å². The van der Waals surface area contributed by atoms with E-state index in [-0.39, 0.29) is 11.7 Å². The first-order chi connectivity index (χ1) is 8.54. The number of carbonyl (C=O) groups is 1. The third-order valence-corrected chi connectivity index (χ3v) is 2.58. The van der Waals surface area contributed by atoms with Gasteiger partial charge in [-0.3, -0.25) is 4.79 Å². The maximum absolute atomic E-state index is 11.0. The smallest absolute Gasteiger partial charge is 0.221 e. The van der Waals surface area contributed by atoms with Crippen molar-refractivity contribution in [3.05, 3.63) is 48.0 Å². The standard InChI is InChI=1S/C15H15NO2/c1-10-6-13(9-15(18)7-10)12-4-3-5-14(8-12)16-11(2)17/h3-9,18H,1-2H3,(H,16,17). The molecule has 0 bridgehead atoms. The predicted octanol–water partition coefficient (Wildman–Crippen LogP) is 3.33. The summed E-state index contributed by atoms with van der Waals surface area (Å²) < 4.78 is 0. The molecule has 92 valence electrons. The Kier molecular flexibility index (Phi) is 3.33. The van der Waals surface area contributed by atoms with Gasteiger partial charge in [0.15, 0.2) is 0 Å². The van der Waals surface area contributed by atoms with E-state index < -0.39 is 0 Å². The maximum Gasteiger partial charge on any atom is 0.221 e. The van der Waals surface area contributed by atoms with Crippen molar-refractivity contribution in [3.63, 3.8) is 0 Å². The highest BCUT2D eigenvalue weighted by atomic mass is 16.3. The number of rotatable bonds is 2. The molecule has 2 aromatic carbocycles. The van der Waals surface area contributed by atoms with Gasteiger partial charge in [-0.15, -0.1) is 0 Å². The summed E-state index contributed by atoms with van der Waals surface area (Å²) in [5.74, 6) is 0.147. The van der Waals surface area contributed by atoms with Crippen LogP contribution in [0.3, 0.4) is 0 Å². The predicted molar refractivity (Wildman–Crippen MR) is 72.6 cm³/mol. The van der Waals surface area contributed by atoms with Crippen LogP contribution in [0.2, 0.25) is 0 Å². The number of phenolic OH excluding ortho intramolecular Hbond substituents is 1. The molecule has 0 aromatic heterocycles. The molecular weight excluding hydrogens is 226 g/mol. The lowest BCUT2D eigenvalue weighted by molar-refractivity contribution is -0.114. The normalized spacial score (nSPS) is 10.1. The van der Waals surface area contributed by atoms with Gasteiger partial charge in [-0.1, -0.05) is 18.2 Å². The van der Waals surface area contributed by atoms with E-state index in [0.29, 0.717) is 0 Å². The summed E-state index contributed by atoms with van der Waals surface area (Å²) in [4.78, 5) is 11.0. The Morgan fingerprint density at radius 3 is 2.56 bits per heavy atom. The zero-order valence-corrected chi connectivity index (χ0v) is 10.4. The molecule has 0 aliphatic heterocycles. The average molecular weight is 241 g/mol. The van der Waals surface area contributed by atoms with E-state index in [0.717, 1.165) is 22.4 Å². The second-order valence-corrected chi connectivity index (χ2v) is 4.32. The van der Waals surface area contributed by atoms with Gasteiger partial charge in [0.05, 0.1) is 0 Å². The van der Waals surface area contributed by atoms with Crippen molar-refractivity contribution in [1.82, 2.24) is 0 Å². The second-order valence-electron chi connectivity index (χ2n) is 4.32. The van der Waals surface area contributed by atoms with E-state index in [4.69, 9.17) is 0 Å². The molecule has 2 aromatic rings. The summed E-state index contributed by atoms with van der Waals surface area (Å²) in [6, 6.07) is 12.9. The summed E-state index contributed by atoms with van der Waals surface area (Å²) >= 11 is 0.